The fraction of sp³-hybridized carbons (Fsp3) is 0.267. The number of H-pyrrole nitrogens is 2. The van der Waals surface area contributed by atoms with Crippen LogP contribution in [0.3, 0.4) is 0 Å². The van der Waals surface area contributed by atoms with E-state index in [1.807, 2.05) is 6.07 Å². The van der Waals surface area contributed by atoms with Crippen molar-refractivity contribution in [3.8, 4) is 11.4 Å². The van der Waals surface area contributed by atoms with Gasteiger partial charge in [-0.25, -0.2) is 4.39 Å². The summed E-state index contributed by atoms with van der Waals surface area (Å²) in [6.07, 6.45) is 0. The monoisotopic (exact) mass is 302 g/mol. The Labute approximate surface area is 126 Å². The summed E-state index contributed by atoms with van der Waals surface area (Å²) in [7, 11) is 0. The normalized spacial score (nSPS) is 12.0. The van der Waals surface area contributed by atoms with Crippen LogP contribution in [0.5, 0.6) is 0 Å². The molecule has 0 amide bonds. The number of hydrogen-bond acceptors (Lipinski definition) is 3. The van der Waals surface area contributed by atoms with E-state index in [9.17, 15) is 4.39 Å². The van der Waals surface area contributed by atoms with Crippen molar-refractivity contribution in [1.29, 1.82) is 0 Å². The van der Waals surface area contributed by atoms with Gasteiger partial charge in [-0.15, -0.1) is 0 Å². The van der Waals surface area contributed by atoms with Crippen LogP contribution in [-0.2, 0) is 5.41 Å². The number of nitrogens with one attached hydrogen (secondary N) is 2. The van der Waals surface area contributed by atoms with E-state index < -0.39 is 0 Å². The van der Waals surface area contributed by atoms with Crippen LogP contribution in [0.15, 0.2) is 24.3 Å². The standard InChI is InChI=1S/C15H15FN4S/c1-15(2,3)12-7-10(13-18-14(21)20-19-13)9-6-8(16)4-5-11(9)17-12/h4-7H,1-3H3,(H2,18,19,20,21). The third kappa shape index (κ3) is 2.58. The highest BCUT2D eigenvalue weighted by atomic mass is 32.1. The number of nitrogens with zero attached hydrogens (tertiary/aromatic N) is 2. The third-order valence-electron chi connectivity index (χ3n) is 3.30. The van der Waals surface area contributed by atoms with Crippen molar-refractivity contribution in [2.45, 2.75) is 26.2 Å². The Morgan fingerprint density at radius 1 is 1.10 bits per heavy atom. The summed E-state index contributed by atoms with van der Waals surface area (Å²) in [5, 5.41) is 6.40. The Morgan fingerprint density at radius 3 is 2.48 bits per heavy atom. The second kappa shape index (κ2) is 4.73. The number of halogens is 1. The number of pyridine rings is 1. The number of benzene rings is 1. The van der Waals surface area contributed by atoms with Gasteiger partial charge in [0, 0.05) is 22.1 Å². The molecule has 0 fully saturated rings. The second-order valence-corrected chi connectivity index (χ2v) is 6.37. The summed E-state index contributed by atoms with van der Waals surface area (Å²) in [6, 6.07) is 6.50. The fourth-order valence-electron chi connectivity index (χ4n) is 2.18. The number of rotatable bonds is 1. The molecule has 1 aromatic carbocycles. The summed E-state index contributed by atoms with van der Waals surface area (Å²) in [6.45, 7) is 6.25. The van der Waals surface area contributed by atoms with E-state index >= 15 is 0 Å². The summed E-state index contributed by atoms with van der Waals surface area (Å²) in [5.74, 6) is 0.284. The first-order valence-electron chi connectivity index (χ1n) is 6.60. The van der Waals surface area contributed by atoms with Crippen LogP contribution in [-0.4, -0.2) is 20.2 Å². The van der Waals surface area contributed by atoms with Crippen LogP contribution in [0.1, 0.15) is 26.5 Å². The van der Waals surface area contributed by atoms with Crippen LogP contribution in [0.4, 0.5) is 4.39 Å². The van der Waals surface area contributed by atoms with E-state index in [1.54, 1.807) is 6.07 Å². The summed E-state index contributed by atoms with van der Waals surface area (Å²) in [5.41, 5.74) is 2.32. The van der Waals surface area contributed by atoms with Crippen LogP contribution >= 0.6 is 12.2 Å². The predicted molar refractivity (Wildman–Crippen MR) is 83.2 cm³/mol. The molecule has 0 spiro atoms. The van der Waals surface area contributed by atoms with E-state index in [2.05, 4.69) is 40.9 Å². The Bertz CT molecular complexity index is 873. The molecule has 0 aliphatic carbocycles. The minimum Gasteiger partial charge on any atom is -0.282 e. The lowest BCUT2D eigenvalue weighted by Gasteiger charge is -2.19. The number of fused-ring (bicyclic) bond motifs is 1. The SMILES string of the molecule is CC(C)(C)c1cc(-c2nc(=S)[nH][nH]2)c2cc(F)ccc2n1. The van der Waals surface area contributed by atoms with Crippen molar-refractivity contribution in [1.82, 2.24) is 20.2 Å². The first kappa shape index (κ1) is 13.9. The van der Waals surface area contributed by atoms with Crippen molar-refractivity contribution in [2.75, 3.05) is 0 Å². The molecule has 0 aliphatic heterocycles. The maximum Gasteiger partial charge on any atom is 0.213 e. The second-order valence-electron chi connectivity index (χ2n) is 5.98. The highest BCUT2D eigenvalue weighted by molar-refractivity contribution is 7.71. The molecule has 0 unspecified atom stereocenters. The maximum atomic E-state index is 13.6. The zero-order valence-corrected chi connectivity index (χ0v) is 12.8. The molecular formula is C15H15FN4S. The lowest BCUT2D eigenvalue weighted by atomic mass is 9.89. The van der Waals surface area contributed by atoms with Crippen LogP contribution in [0.25, 0.3) is 22.3 Å². The Balaban J connectivity index is 2.38. The van der Waals surface area contributed by atoms with Gasteiger partial charge in [0.2, 0.25) is 4.77 Å². The molecule has 0 radical (unpaired) electrons. The Morgan fingerprint density at radius 2 is 1.86 bits per heavy atom. The number of aromatic nitrogens is 4. The molecule has 4 nitrogen and oxygen atoms in total. The minimum absolute atomic E-state index is 0.121. The van der Waals surface area contributed by atoms with Crippen molar-refractivity contribution >= 4 is 23.1 Å². The first-order chi connectivity index (χ1) is 9.84. The third-order valence-corrected chi connectivity index (χ3v) is 3.49. The smallest absolute Gasteiger partial charge is 0.213 e. The van der Waals surface area contributed by atoms with Crippen molar-refractivity contribution in [3.05, 3.63) is 40.5 Å². The highest BCUT2D eigenvalue weighted by Gasteiger charge is 2.19. The van der Waals surface area contributed by atoms with Gasteiger partial charge in [0.25, 0.3) is 0 Å². The molecule has 0 saturated heterocycles. The van der Waals surface area contributed by atoms with E-state index in [1.165, 1.54) is 12.1 Å². The molecule has 3 rings (SSSR count). The molecule has 108 valence electrons. The molecule has 0 aliphatic rings. The summed E-state index contributed by atoms with van der Waals surface area (Å²) >= 11 is 5.00. The molecule has 21 heavy (non-hydrogen) atoms. The van der Waals surface area contributed by atoms with Gasteiger partial charge in [-0.1, -0.05) is 20.8 Å². The maximum absolute atomic E-state index is 13.6. The van der Waals surface area contributed by atoms with Crippen molar-refractivity contribution < 1.29 is 4.39 Å². The summed E-state index contributed by atoms with van der Waals surface area (Å²) < 4.78 is 13.9. The van der Waals surface area contributed by atoms with Gasteiger partial charge in [-0.2, -0.15) is 4.98 Å². The van der Waals surface area contributed by atoms with Gasteiger partial charge in [-0.3, -0.25) is 15.2 Å². The molecule has 0 atom stereocenters. The average Bonchev–Trinajstić information content (AvgIpc) is 2.83. The fourth-order valence-corrected chi connectivity index (χ4v) is 2.32. The van der Waals surface area contributed by atoms with E-state index in [4.69, 9.17) is 12.2 Å². The molecule has 3 aromatic rings. The van der Waals surface area contributed by atoms with Gasteiger partial charge in [-0.05, 0) is 36.5 Å². The zero-order chi connectivity index (χ0) is 15.2. The van der Waals surface area contributed by atoms with E-state index in [-0.39, 0.29) is 11.2 Å². The van der Waals surface area contributed by atoms with Crippen molar-refractivity contribution in [2.24, 2.45) is 0 Å². The largest absolute Gasteiger partial charge is 0.282 e. The highest BCUT2D eigenvalue weighted by Crippen LogP contribution is 2.31. The number of aromatic amines is 2. The Kier molecular flexibility index (Phi) is 3.13. The Hall–Kier alpha value is -2.08. The number of hydrogen-bond donors (Lipinski definition) is 2. The molecule has 0 saturated carbocycles. The predicted octanol–water partition coefficient (Wildman–Crippen LogP) is 4.12. The van der Waals surface area contributed by atoms with E-state index in [0.717, 1.165) is 16.8 Å². The molecule has 0 bridgehead atoms. The van der Waals surface area contributed by atoms with Crippen LogP contribution in [0, 0.1) is 10.6 Å². The van der Waals surface area contributed by atoms with Crippen LogP contribution in [0.2, 0.25) is 0 Å². The van der Waals surface area contributed by atoms with Gasteiger partial charge in [0.1, 0.15) is 5.82 Å². The first-order valence-corrected chi connectivity index (χ1v) is 7.01. The summed E-state index contributed by atoms with van der Waals surface area (Å²) in [4.78, 5) is 8.87. The molecule has 2 aromatic heterocycles. The van der Waals surface area contributed by atoms with Gasteiger partial charge in [0.15, 0.2) is 5.82 Å². The average molecular weight is 302 g/mol. The van der Waals surface area contributed by atoms with Gasteiger partial charge < -0.3 is 0 Å². The van der Waals surface area contributed by atoms with Crippen LogP contribution < -0.4 is 0 Å². The van der Waals surface area contributed by atoms with Gasteiger partial charge >= 0.3 is 0 Å². The quantitative estimate of drug-likeness (QED) is 0.665. The topological polar surface area (TPSA) is 57.4 Å². The molecular weight excluding hydrogens is 287 g/mol. The lowest BCUT2D eigenvalue weighted by Crippen LogP contribution is -2.14. The molecule has 2 N–H and O–H groups in total. The lowest BCUT2D eigenvalue weighted by molar-refractivity contribution is 0.571. The van der Waals surface area contributed by atoms with Crippen molar-refractivity contribution in [3.63, 3.8) is 0 Å². The van der Waals surface area contributed by atoms with Gasteiger partial charge in [0.05, 0.1) is 5.52 Å². The molecule has 2 heterocycles. The zero-order valence-electron chi connectivity index (χ0n) is 12.0. The minimum atomic E-state index is -0.303. The van der Waals surface area contributed by atoms with E-state index in [0.29, 0.717) is 16.0 Å². The molecule has 6 heteroatoms.